The molecule has 3 rings (SSSR count). The van der Waals surface area contributed by atoms with E-state index in [1.54, 1.807) is 0 Å². The van der Waals surface area contributed by atoms with E-state index in [9.17, 15) is 5.11 Å². The van der Waals surface area contributed by atoms with E-state index >= 15 is 0 Å². The molecule has 0 aliphatic carbocycles. The van der Waals surface area contributed by atoms with Crippen LogP contribution >= 0.6 is 11.6 Å². The van der Waals surface area contributed by atoms with Gasteiger partial charge in [0.1, 0.15) is 11.9 Å². The fourth-order valence-corrected chi connectivity index (χ4v) is 2.98. The number of aliphatic hydroxyl groups excluding tert-OH is 1. The Hall–Kier alpha value is -1.51. The molecule has 2 aromatic rings. The van der Waals surface area contributed by atoms with E-state index in [1.165, 1.54) is 5.56 Å². The molecule has 2 nitrogen and oxygen atoms in total. The summed E-state index contributed by atoms with van der Waals surface area (Å²) in [6, 6.07) is 15.8. The second kappa shape index (κ2) is 5.86. The van der Waals surface area contributed by atoms with E-state index in [2.05, 4.69) is 6.07 Å². The molecular formula is C17H17ClO2. The van der Waals surface area contributed by atoms with Crippen LogP contribution in [0.1, 0.15) is 23.5 Å². The minimum absolute atomic E-state index is 0.0630. The molecular weight excluding hydrogens is 272 g/mol. The van der Waals surface area contributed by atoms with Gasteiger partial charge >= 0.3 is 0 Å². The summed E-state index contributed by atoms with van der Waals surface area (Å²) in [5, 5.41) is 10.4. The molecule has 1 N–H and O–H groups in total. The van der Waals surface area contributed by atoms with Gasteiger partial charge in [-0.05, 0) is 35.7 Å². The highest BCUT2D eigenvalue weighted by Gasteiger charge is 2.26. The molecule has 2 unspecified atom stereocenters. The number of hydrogen-bond acceptors (Lipinski definition) is 2. The predicted octanol–water partition coefficient (Wildman–Crippen LogP) is 3.81. The van der Waals surface area contributed by atoms with Crippen LogP contribution in [0, 0.1) is 0 Å². The van der Waals surface area contributed by atoms with E-state index in [0.29, 0.717) is 5.02 Å². The van der Waals surface area contributed by atoms with Gasteiger partial charge in [-0.1, -0.05) is 41.9 Å². The summed E-state index contributed by atoms with van der Waals surface area (Å²) in [6.07, 6.45) is 1.84. The molecule has 0 amide bonds. The third-order valence-electron chi connectivity index (χ3n) is 3.80. The van der Waals surface area contributed by atoms with Crippen molar-refractivity contribution in [3.8, 4) is 5.75 Å². The number of aliphatic hydroxyl groups is 1. The topological polar surface area (TPSA) is 29.5 Å². The Morgan fingerprint density at radius 1 is 1.20 bits per heavy atom. The fraction of sp³-hybridized carbons (Fsp3) is 0.294. The van der Waals surface area contributed by atoms with Gasteiger partial charge in [0.2, 0.25) is 0 Å². The monoisotopic (exact) mass is 288 g/mol. The van der Waals surface area contributed by atoms with Crippen LogP contribution in [-0.2, 0) is 6.42 Å². The van der Waals surface area contributed by atoms with E-state index in [1.807, 2.05) is 42.5 Å². The third kappa shape index (κ3) is 2.82. The van der Waals surface area contributed by atoms with Crippen molar-refractivity contribution in [1.82, 2.24) is 0 Å². The number of ether oxygens (including phenoxy) is 1. The number of fused-ring (bicyclic) bond motifs is 1. The zero-order valence-corrected chi connectivity index (χ0v) is 11.9. The molecule has 0 spiro atoms. The molecule has 20 heavy (non-hydrogen) atoms. The summed E-state index contributed by atoms with van der Waals surface area (Å²) in [4.78, 5) is 0. The molecule has 1 aliphatic heterocycles. The quantitative estimate of drug-likeness (QED) is 0.927. The normalized spacial score (nSPS) is 18.4. The van der Waals surface area contributed by atoms with Gasteiger partial charge in [0.15, 0.2) is 0 Å². The Labute approximate surface area is 124 Å². The van der Waals surface area contributed by atoms with E-state index in [0.717, 1.165) is 24.2 Å². The van der Waals surface area contributed by atoms with Gasteiger partial charge in [0, 0.05) is 17.4 Å². The average Bonchev–Trinajstić information content (AvgIpc) is 2.87. The zero-order chi connectivity index (χ0) is 13.9. The van der Waals surface area contributed by atoms with Gasteiger partial charge in [-0.2, -0.15) is 0 Å². The predicted molar refractivity (Wildman–Crippen MR) is 80.5 cm³/mol. The van der Waals surface area contributed by atoms with E-state index in [4.69, 9.17) is 16.3 Å². The van der Waals surface area contributed by atoms with Gasteiger partial charge in [-0.25, -0.2) is 0 Å². The van der Waals surface area contributed by atoms with Crippen LogP contribution in [0.5, 0.6) is 5.75 Å². The van der Waals surface area contributed by atoms with Crippen LogP contribution < -0.4 is 4.74 Å². The average molecular weight is 289 g/mol. The van der Waals surface area contributed by atoms with Gasteiger partial charge in [-0.15, -0.1) is 0 Å². The van der Waals surface area contributed by atoms with E-state index < -0.39 is 0 Å². The van der Waals surface area contributed by atoms with Gasteiger partial charge < -0.3 is 9.84 Å². The van der Waals surface area contributed by atoms with Crippen molar-refractivity contribution in [3.63, 3.8) is 0 Å². The van der Waals surface area contributed by atoms with Crippen molar-refractivity contribution in [3.05, 3.63) is 64.7 Å². The number of halogens is 1. The molecule has 2 atom stereocenters. The van der Waals surface area contributed by atoms with Crippen LogP contribution in [0.4, 0.5) is 0 Å². The van der Waals surface area contributed by atoms with Gasteiger partial charge in [0.25, 0.3) is 0 Å². The van der Waals surface area contributed by atoms with Crippen molar-refractivity contribution in [2.24, 2.45) is 0 Å². The molecule has 0 saturated carbocycles. The summed E-state index contributed by atoms with van der Waals surface area (Å²) in [5.41, 5.74) is 2.32. The molecule has 2 aromatic carbocycles. The van der Waals surface area contributed by atoms with Crippen molar-refractivity contribution in [1.29, 1.82) is 0 Å². The lowest BCUT2D eigenvalue weighted by Gasteiger charge is -2.19. The number of para-hydroxylation sites is 1. The Bertz CT molecular complexity index is 572. The number of hydrogen-bond donors (Lipinski definition) is 1. The summed E-state index contributed by atoms with van der Waals surface area (Å²) in [6.45, 7) is 0.108. The molecule has 0 radical (unpaired) electrons. The Kier molecular flexibility index (Phi) is 3.95. The molecule has 104 valence electrons. The molecule has 1 aliphatic rings. The highest BCUT2D eigenvalue weighted by Crippen LogP contribution is 2.33. The van der Waals surface area contributed by atoms with Crippen LogP contribution in [-0.4, -0.2) is 17.8 Å². The highest BCUT2D eigenvalue weighted by atomic mass is 35.5. The summed E-state index contributed by atoms with van der Waals surface area (Å²) in [7, 11) is 0. The lowest BCUT2D eigenvalue weighted by Crippen LogP contribution is -2.19. The lowest BCUT2D eigenvalue weighted by atomic mass is 9.92. The third-order valence-corrected chi connectivity index (χ3v) is 4.04. The van der Waals surface area contributed by atoms with Crippen molar-refractivity contribution in [2.75, 3.05) is 6.61 Å². The van der Waals surface area contributed by atoms with Crippen LogP contribution in [0.15, 0.2) is 48.5 Å². The molecule has 0 aromatic heterocycles. The SMILES string of the molecule is OCC(CC1Cc2ccccc2O1)c1cccc(Cl)c1. The second-order valence-electron chi connectivity index (χ2n) is 5.22. The standard InChI is InChI=1S/C17H17ClO2/c18-15-6-3-5-12(8-15)14(11-19)10-16-9-13-4-1-2-7-17(13)20-16/h1-8,14,16,19H,9-11H2. The van der Waals surface area contributed by atoms with Crippen LogP contribution in [0.25, 0.3) is 0 Å². The first-order valence-corrected chi connectivity index (χ1v) is 7.25. The van der Waals surface area contributed by atoms with E-state index in [-0.39, 0.29) is 18.6 Å². The zero-order valence-electron chi connectivity index (χ0n) is 11.1. The highest BCUT2D eigenvalue weighted by molar-refractivity contribution is 6.30. The largest absolute Gasteiger partial charge is 0.490 e. The second-order valence-corrected chi connectivity index (χ2v) is 5.66. The minimum Gasteiger partial charge on any atom is -0.490 e. The fourth-order valence-electron chi connectivity index (χ4n) is 2.78. The van der Waals surface area contributed by atoms with Gasteiger partial charge in [0.05, 0.1) is 6.61 Å². The Morgan fingerprint density at radius 2 is 2.05 bits per heavy atom. The maximum atomic E-state index is 9.65. The maximum Gasteiger partial charge on any atom is 0.123 e. The van der Waals surface area contributed by atoms with Crippen LogP contribution in [0.3, 0.4) is 0 Å². The molecule has 3 heteroatoms. The molecule has 0 bridgehead atoms. The van der Waals surface area contributed by atoms with Crippen molar-refractivity contribution >= 4 is 11.6 Å². The summed E-state index contributed by atoms with van der Waals surface area (Å²) < 4.78 is 5.95. The first-order valence-electron chi connectivity index (χ1n) is 6.87. The smallest absolute Gasteiger partial charge is 0.123 e. The first kappa shape index (κ1) is 13.5. The molecule has 1 heterocycles. The van der Waals surface area contributed by atoms with Crippen molar-refractivity contribution in [2.45, 2.75) is 24.9 Å². The summed E-state index contributed by atoms with van der Waals surface area (Å²) >= 11 is 6.02. The minimum atomic E-state index is 0.0630. The number of benzene rings is 2. The van der Waals surface area contributed by atoms with Crippen molar-refractivity contribution < 1.29 is 9.84 Å². The Balaban J connectivity index is 1.71. The number of rotatable bonds is 4. The maximum absolute atomic E-state index is 9.65. The lowest BCUT2D eigenvalue weighted by molar-refractivity contribution is 0.179. The summed E-state index contributed by atoms with van der Waals surface area (Å²) in [5.74, 6) is 1.04. The molecule has 0 saturated heterocycles. The Morgan fingerprint density at radius 3 is 2.80 bits per heavy atom. The van der Waals surface area contributed by atoms with Crippen LogP contribution in [0.2, 0.25) is 5.02 Å². The first-order chi connectivity index (χ1) is 9.76. The molecule has 0 fully saturated rings. The van der Waals surface area contributed by atoms with Gasteiger partial charge in [-0.3, -0.25) is 0 Å².